The van der Waals surface area contributed by atoms with Crippen molar-refractivity contribution in [1.29, 1.82) is 0 Å². The second-order valence-electron chi connectivity index (χ2n) is 9.03. The van der Waals surface area contributed by atoms with Gasteiger partial charge < -0.3 is 29.4 Å². The summed E-state index contributed by atoms with van der Waals surface area (Å²) in [6, 6.07) is 12.0. The molecule has 2 aromatic carbocycles. The number of H-pyrrole nitrogens is 1. The summed E-state index contributed by atoms with van der Waals surface area (Å²) < 4.78 is 16.7. The first-order chi connectivity index (χ1) is 16.5. The van der Waals surface area contributed by atoms with Crippen molar-refractivity contribution in [3.05, 3.63) is 69.0 Å². The van der Waals surface area contributed by atoms with Crippen LogP contribution in [0.5, 0.6) is 11.5 Å². The number of hydrogen-bond donors (Lipinski definition) is 2. The lowest BCUT2D eigenvalue weighted by molar-refractivity contribution is 0.113. The maximum atomic E-state index is 13.0. The zero-order valence-electron chi connectivity index (χ0n) is 19.5. The number of ether oxygens (including phenoxy) is 3. The number of aromatic nitrogens is 1. The van der Waals surface area contributed by atoms with Crippen molar-refractivity contribution in [1.82, 2.24) is 15.2 Å². The zero-order chi connectivity index (χ0) is 23.7. The highest BCUT2D eigenvalue weighted by atomic mass is 32.1. The van der Waals surface area contributed by atoms with Gasteiger partial charge in [0.15, 0.2) is 16.6 Å². The summed E-state index contributed by atoms with van der Waals surface area (Å²) >= 11 is 5.78. The molecule has 0 radical (unpaired) electrons. The van der Waals surface area contributed by atoms with Gasteiger partial charge in [0, 0.05) is 25.3 Å². The molecule has 178 valence electrons. The Bertz CT molecular complexity index is 1280. The topological polar surface area (TPSA) is 75.8 Å². The average Bonchev–Trinajstić information content (AvgIpc) is 3.49. The number of rotatable bonds is 6. The molecule has 3 aromatic rings. The molecule has 8 heteroatoms. The number of aryl methyl sites for hydroxylation is 2. The minimum Gasteiger partial charge on any atom is -0.454 e. The van der Waals surface area contributed by atoms with Crippen LogP contribution in [0, 0.1) is 13.8 Å². The smallest absolute Gasteiger partial charge is 0.253 e. The lowest BCUT2D eigenvalue weighted by Gasteiger charge is -2.27. The van der Waals surface area contributed by atoms with E-state index in [0.29, 0.717) is 30.3 Å². The van der Waals surface area contributed by atoms with Gasteiger partial charge in [-0.25, -0.2) is 0 Å². The average molecular weight is 480 g/mol. The number of hydrogen-bond acceptors (Lipinski definition) is 5. The van der Waals surface area contributed by atoms with Gasteiger partial charge in [-0.05, 0) is 79.7 Å². The molecule has 1 aromatic heterocycles. The number of pyridine rings is 1. The summed E-state index contributed by atoms with van der Waals surface area (Å²) in [5.74, 6) is 1.47. The van der Waals surface area contributed by atoms with Crippen LogP contribution in [-0.2, 0) is 17.8 Å². The Balaban J connectivity index is 1.41. The molecule has 0 bridgehead atoms. The van der Waals surface area contributed by atoms with Crippen LogP contribution in [0.2, 0.25) is 0 Å². The van der Waals surface area contributed by atoms with E-state index in [9.17, 15) is 4.79 Å². The van der Waals surface area contributed by atoms with E-state index in [-0.39, 0.29) is 18.5 Å². The van der Waals surface area contributed by atoms with E-state index in [2.05, 4.69) is 29.4 Å². The molecule has 2 aliphatic heterocycles. The predicted molar refractivity (Wildman–Crippen MR) is 135 cm³/mol. The minimum atomic E-state index is -0.0999. The molecule has 34 heavy (non-hydrogen) atoms. The molecule has 0 amide bonds. The Kier molecular flexibility index (Phi) is 6.43. The number of nitrogens with zero attached hydrogens (tertiary/aromatic N) is 1. The molecule has 0 spiro atoms. The third kappa shape index (κ3) is 4.88. The maximum Gasteiger partial charge on any atom is 0.253 e. The largest absolute Gasteiger partial charge is 0.454 e. The Hall–Kier alpha value is -3.10. The first kappa shape index (κ1) is 22.7. The van der Waals surface area contributed by atoms with E-state index in [1.54, 1.807) is 0 Å². The van der Waals surface area contributed by atoms with Gasteiger partial charge in [0.05, 0.1) is 18.2 Å². The fraction of sp³-hybridized carbons (Fsp3) is 0.385. The summed E-state index contributed by atoms with van der Waals surface area (Å²) in [6.45, 7) is 6.67. The van der Waals surface area contributed by atoms with E-state index in [0.717, 1.165) is 58.5 Å². The molecule has 1 atom stereocenters. The lowest BCUT2D eigenvalue weighted by atomic mass is 10.0. The lowest BCUT2D eigenvalue weighted by Crippen LogP contribution is -2.42. The zero-order valence-corrected chi connectivity index (χ0v) is 20.3. The van der Waals surface area contributed by atoms with Gasteiger partial charge >= 0.3 is 0 Å². The monoisotopic (exact) mass is 479 g/mol. The van der Waals surface area contributed by atoms with E-state index in [1.165, 1.54) is 0 Å². The molecule has 0 unspecified atom stereocenters. The summed E-state index contributed by atoms with van der Waals surface area (Å²) in [7, 11) is 0. The fourth-order valence-electron chi connectivity index (χ4n) is 4.63. The predicted octanol–water partition coefficient (Wildman–Crippen LogP) is 3.93. The first-order valence-corrected chi connectivity index (χ1v) is 12.0. The van der Waals surface area contributed by atoms with Crippen LogP contribution in [-0.4, -0.2) is 41.0 Å². The molecule has 5 rings (SSSR count). The maximum absolute atomic E-state index is 13.0. The summed E-state index contributed by atoms with van der Waals surface area (Å²) in [6.07, 6.45) is 2.27. The Labute approximate surface area is 204 Å². The SMILES string of the molecule is Cc1cc(C)c2[nH]c(=O)c(CN(Cc3ccc4c(c3)OCO4)C(=S)NC[C@H]3CCCO3)cc2c1. The molecular formula is C26H29N3O4S. The van der Waals surface area contributed by atoms with E-state index in [1.807, 2.05) is 36.1 Å². The third-order valence-corrected chi connectivity index (χ3v) is 6.74. The molecule has 7 nitrogen and oxygen atoms in total. The summed E-state index contributed by atoms with van der Waals surface area (Å²) in [5, 5.41) is 4.97. The molecular weight excluding hydrogens is 450 g/mol. The number of fused-ring (bicyclic) bond motifs is 2. The van der Waals surface area contributed by atoms with Gasteiger partial charge in [0.25, 0.3) is 5.56 Å². The van der Waals surface area contributed by atoms with Crippen LogP contribution in [0.3, 0.4) is 0 Å². The Morgan fingerprint density at radius 2 is 2.00 bits per heavy atom. The summed E-state index contributed by atoms with van der Waals surface area (Å²) in [5.41, 5.74) is 4.69. The Morgan fingerprint density at radius 3 is 2.82 bits per heavy atom. The van der Waals surface area contributed by atoms with E-state index < -0.39 is 0 Å². The molecule has 2 N–H and O–H groups in total. The van der Waals surface area contributed by atoms with Gasteiger partial charge in [-0.1, -0.05) is 17.7 Å². The number of nitrogens with one attached hydrogen (secondary N) is 2. The fourth-order valence-corrected chi connectivity index (χ4v) is 4.85. The van der Waals surface area contributed by atoms with Gasteiger partial charge in [-0.15, -0.1) is 0 Å². The van der Waals surface area contributed by atoms with E-state index in [4.69, 9.17) is 26.4 Å². The molecule has 0 aliphatic carbocycles. The molecule has 1 saturated heterocycles. The van der Waals surface area contributed by atoms with Crippen LogP contribution in [0.4, 0.5) is 0 Å². The van der Waals surface area contributed by atoms with Gasteiger partial charge in [-0.2, -0.15) is 0 Å². The number of benzene rings is 2. The second-order valence-corrected chi connectivity index (χ2v) is 9.42. The Morgan fingerprint density at radius 1 is 1.15 bits per heavy atom. The van der Waals surface area contributed by atoms with Crippen LogP contribution in [0.15, 0.2) is 41.2 Å². The molecule has 0 saturated carbocycles. The molecule has 2 aliphatic rings. The molecule has 1 fully saturated rings. The van der Waals surface area contributed by atoms with Crippen molar-refractivity contribution in [2.75, 3.05) is 19.9 Å². The van der Waals surface area contributed by atoms with Gasteiger partial charge in [0.2, 0.25) is 6.79 Å². The standard InChI is InChI=1S/C26H29N3O4S/c1-16-8-17(2)24-19(9-16)11-20(25(30)28-24)14-29(26(34)27-12-21-4-3-7-31-21)13-18-5-6-22-23(10-18)33-15-32-22/h5-6,8-11,21H,3-4,7,12-15H2,1-2H3,(H,27,34)(H,28,30)/t21-/m1/s1. The van der Waals surface area contributed by atoms with Crippen molar-refractivity contribution in [3.8, 4) is 11.5 Å². The minimum absolute atomic E-state index is 0.0999. The van der Waals surface area contributed by atoms with Crippen LogP contribution in [0.1, 0.15) is 35.1 Å². The van der Waals surface area contributed by atoms with Crippen LogP contribution >= 0.6 is 12.2 Å². The number of thiocarbonyl (C=S) groups is 1. The van der Waals surface area contributed by atoms with E-state index >= 15 is 0 Å². The quantitative estimate of drug-likeness (QED) is 0.519. The van der Waals surface area contributed by atoms with Crippen LogP contribution < -0.4 is 20.3 Å². The third-order valence-electron chi connectivity index (χ3n) is 6.33. The highest BCUT2D eigenvalue weighted by Gasteiger charge is 2.20. The van der Waals surface area contributed by atoms with Gasteiger partial charge in [-0.3, -0.25) is 4.79 Å². The normalized spacial score (nSPS) is 16.7. The first-order valence-electron chi connectivity index (χ1n) is 11.6. The number of aromatic amines is 1. The van der Waals surface area contributed by atoms with Gasteiger partial charge in [0.1, 0.15) is 0 Å². The van der Waals surface area contributed by atoms with Crippen LogP contribution in [0.25, 0.3) is 10.9 Å². The van der Waals surface area contributed by atoms with Crippen molar-refractivity contribution in [2.45, 2.75) is 45.9 Å². The summed E-state index contributed by atoms with van der Waals surface area (Å²) in [4.78, 5) is 18.1. The van der Waals surface area contributed by atoms with Crippen molar-refractivity contribution >= 4 is 28.2 Å². The second kappa shape index (κ2) is 9.64. The highest BCUT2D eigenvalue weighted by molar-refractivity contribution is 7.80. The molecule has 3 heterocycles. The highest BCUT2D eigenvalue weighted by Crippen LogP contribution is 2.33. The van der Waals surface area contributed by atoms with Crippen molar-refractivity contribution in [2.24, 2.45) is 0 Å². The van der Waals surface area contributed by atoms with Crippen molar-refractivity contribution in [3.63, 3.8) is 0 Å². The van der Waals surface area contributed by atoms with Crippen molar-refractivity contribution < 1.29 is 14.2 Å².